The van der Waals surface area contributed by atoms with Gasteiger partial charge in [0, 0.05) is 31.6 Å². The molecule has 118 valence electrons. The van der Waals surface area contributed by atoms with Crippen LogP contribution < -0.4 is 5.73 Å². The highest BCUT2D eigenvalue weighted by atomic mass is 28.4. The molecule has 0 radical (unpaired) electrons. The summed E-state index contributed by atoms with van der Waals surface area (Å²) in [5.74, 6) is 0. The van der Waals surface area contributed by atoms with E-state index >= 15 is 0 Å². The van der Waals surface area contributed by atoms with Gasteiger partial charge in [0.2, 0.25) is 0 Å². The van der Waals surface area contributed by atoms with Crippen molar-refractivity contribution in [2.75, 3.05) is 19.8 Å². The van der Waals surface area contributed by atoms with Gasteiger partial charge in [-0.25, -0.2) is 0 Å². The zero-order chi connectivity index (χ0) is 14.8. The zero-order valence-corrected chi connectivity index (χ0v) is 14.4. The zero-order valence-electron chi connectivity index (χ0n) is 13.4. The van der Waals surface area contributed by atoms with Crippen molar-refractivity contribution in [2.45, 2.75) is 65.3 Å². The summed E-state index contributed by atoms with van der Waals surface area (Å²) in [6, 6.07) is 0.790. The second kappa shape index (κ2) is 9.55. The normalized spacial score (nSPS) is 16.4. The predicted molar refractivity (Wildman–Crippen MR) is 84.4 cm³/mol. The maximum atomic E-state index is 6.28. The maximum absolute atomic E-state index is 6.28. The van der Waals surface area contributed by atoms with Crippen molar-refractivity contribution in [1.82, 2.24) is 0 Å². The Morgan fingerprint density at radius 2 is 1.45 bits per heavy atom. The fourth-order valence-corrected chi connectivity index (χ4v) is 5.34. The lowest BCUT2D eigenvalue weighted by atomic mass is 9.93. The van der Waals surface area contributed by atoms with E-state index in [0.29, 0.717) is 19.8 Å². The van der Waals surface area contributed by atoms with E-state index < -0.39 is 8.80 Å². The van der Waals surface area contributed by atoms with Gasteiger partial charge in [-0.15, -0.1) is 0 Å². The first-order valence-electron chi connectivity index (χ1n) is 8.05. The number of hydrogen-bond acceptors (Lipinski definition) is 4. The fourth-order valence-electron chi connectivity index (χ4n) is 2.77. The van der Waals surface area contributed by atoms with Crippen LogP contribution >= 0.6 is 0 Å². The van der Waals surface area contributed by atoms with Crippen LogP contribution in [0.3, 0.4) is 0 Å². The Bertz CT molecular complexity index is 282. The molecule has 0 bridgehead atoms. The van der Waals surface area contributed by atoms with Gasteiger partial charge in [0.05, 0.1) is 0 Å². The van der Waals surface area contributed by atoms with Crippen molar-refractivity contribution in [3.05, 3.63) is 11.3 Å². The van der Waals surface area contributed by atoms with Gasteiger partial charge in [-0.05, 0) is 52.9 Å². The summed E-state index contributed by atoms with van der Waals surface area (Å²) in [4.78, 5) is 0. The third-order valence-electron chi connectivity index (χ3n) is 3.70. The van der Waals surface area contributed by atoms with E-state index in [1.807, 2.05) is 20.8 Å². The minimum Gasteiger partial charge on any atom is -0.402 e. The van der Waals surface area contributed by atoms with Crippen molar-refractivity contribution in [3.8, 4) is 0 Å². The molecule has 0 unspecified atom stereocenters. The summed E-state index contributed by atoms with van der Waals surface area (Å²) in [5, 5.41) is 0. The monoisotopic (exact) mass is 301 g/mol. The first-order chi connectivity index (χ1) is 9.67. The molecule has 0 aromatic rings. The van der Waals surface area contributed by atoms with Crippen LogP contribution in [-0.4, -0.2) is 28.6 Å². The summed E-state index contributed by atoms with van der Waals surface area (Å²) >= 11 is 0. The highest BCUT2D eigenvalue weighted by Gasteiger charge is 2.40. The third kappa shape index (κ3) is 5.56. The second-order valence-corrected chi connectivity index (χ2v) is 7.90. The Kier molecular flexibility index (Phi) is 8.45. The summed E-state index contributed by atoms with van der Waals surface area (Å²) in [5.41, 5.74) is 8.77. The van der Waals surface area contributed by atoms with Crippen LogP contribution in [0.5, 0.6) is 0 Å². The molecule has 1 fully saturated rings. The van der Waals surface area contributed by atoms with Gasteiger partial charge >= 0.3 is 8.80 Å². The Morgan fingerprint density at radius 1 is 0.950 bits per heavy atom. The minimum atomic E-state index is -2.54. The summed E-state index contributed by atoms with van der Waals surface area (Å²) < 4.78 is 17.6. The predicted octanol–water partition coefficient (Wildman–Crippen LogP) is 3.60. The molecule has 20 heavy (non-hydrogen) atoms. The minimum absolute atomic E-state index is 0.628. The Labute approximate surface area is 125 Å². The van der Waals surface area contributed by atoms with Gasteiger partial charge in [-0.2, -0.15) is 0 Å². The molecule has 0 amide bonds. The topological polar surface area (TPSA) is 53.7 Å². The van der Waals surface area contributed by atoms with Gasteiger partial charge in [-0.1, -0.05) is 12.0 Å². The number of rotatable bonds is 9. The van der Waals surface area contributed by atoms with Crippen molar-refractivity contribution in [1.29, 1.82) is 0 Å². The molecule has 5 heteroatoms. The summed E-state index contributed by atoms with van der Waals surface area (Å²) in [6.45, 7) is 7.85. The van der Waals surface area contributed by atoms with Crippen molar-refractivity contribution in [2.24, 2.45) is 5.73 Å². The molecule has 2 N–H and O–H groups in total. The molecule has 0 heterocycles. The number of hydrogen-bond donors (Lipinski definition) is 1. The number of allylic oxidation sites excluding steroid dienone is 2. The SMILES string of the molecule is CCO[Si](CCC(N)=C1CCCCC1)(OCC)OCC. The van der Waals surface area contributed by atoms with Crippen molar-refractivity contribution in [3.63, 3.8) is 0 Å². The van der Waals surface area contributed by atoms with Gasteiger partial charge in [0.1, 0.15) is 0 Å². The van der Waals surface area contributed by atoms with Crippen LogP contribution in [0.2, 0.25) is 6.04 Å². The van der Waals surface area contributed by atoms with Gasteiger partial charge < -0.3 is 19.0 Å². The molecule has 0 aromatic heterocycles. The maximum Gasteiger partial charge on any atom is 0.501 e. The molecule has 0 saturated heterocycles. The molecule has 1 aliphatic rings. The quantitative estimate of drug-likeness (QED) is 0.661. The Balaban J connectivity index is 2.63. The highest BCUT2D eigenvalue weighted by Crippen LogP contribution is 2.27. The first-order valence-corrected chi connectivity index (χ1v) is 9.98. The van der Waals surface area contributed by atoms with Crippen molar-refractivity contribution >= 4 is 8.80 Å². The summed E-state index contributed by atoms with van der Waals surface area (Å²) in [7, 11) is -2.54. The molecule has 1 saturated carbocycles. The molecule has 0 atom stereocenters. The van der Waals surface area contributed by atoms with Crippen LogP contribution in [0, 0.1) is 0 Å². The van der Waals surface area contributed by atoms with Gasteiger partial charge in [0.25, 0.3) is 0 Å². The highest BCUT2D eigenvalue weighted by molar-refractivity contribution is 6.60. The largest absolute Gasteiger partial charge is 0.501 e. The van der Waals surface area contributed by atoms with E-state index in [-0.39, 0.29) is 0 Å². The molecule has 1 rings (SSSR count). The van der Waals surface area contributed by atoms with E-state index in [1.165, 1.54) is 24.8 Å². The molecule has 4 nitrogen and oxygen atoms in total. The molecule has 0 spiro atoms. The standard InChI is InChI=1S/C15H31NO3Si/c1-4-17-20(18-5-2,19-6-3)13-12-15(16)14-10-8-7-9-11-14/h4-13,16H2,1-3H3. The summed E-state index contributed by atoms with van der Waals surface area (Å²) in [6.07, 6.45) is 7.06. The first kappa shape index (κ1) is 17.7. The van der Waals surface area contributed by atoms with Gasteiger partial charge in [-0.3, -0.25) is 0 Å². The van der Waals surface area contributed by atoms with E-state index in [9.17, 15) is 0 Å². The van der Waals surface area contributed by atoms with Gasteiger partial charge in [0.15, 0.2) is 0 Å². The smallest absolute Gasteiger partial charge is 0.402 e. The average molecular weight is 302 g/mol. The number of nitrogens with two attached hydrogens (primary N) is 1. The second-order valence-electron chi connectivity index (χ2n) is 5.17. The lowest BCUT2D eigenvalue weighted by Gasteiger charge is -2.29. The van der Waals surface area contributed by atoms with Crippen molar-refractivity contribution < 1.29 is 13.3 Å². The average Bonchev–Trinajstić information content (AvgIpc) is 2.46. The van der Waals surface area contributed by atoms with Crippen LogP contribution in [-0.2, 0) is 13.3 Å². The molecule has 0 aliphatic heterocycles. The lowest BCUT2D eigenvalue weighted by Crippen LogP contribution is -2.46. The lowest BCUT2D eigenvalue weighted by molar-refractivity contribution is 0.0713. The fraction of sp³-hybridized carbons (Fsp3) is 0.867. The van der Waals surface area contributed by atoms with E-state index in [4.69, 9.17) is 19.0 Å². The van der Waals surface area contributed by atoms with Crippen LogP contribution in [0.1, 0.15) is 59.3 Å². The Morgan fingerprint density at radius 3 is 1.90 bits per heavy atom. The Hall–Kier alpha value is -0.363. The van der Waals surface area contributed by atoms with E-state index in [2.05, 4.69) is 0 Å². The van der Waals surface area contributed by atoms with E-state index in [1.54, 1.807) is 0 Å². The van der Waals surface area contributed by atoms with Crippen LogP contribution in [0.25, 0.3) is 0 Å². The van der Waals surface area contributed by atoms with Crippen LogP contribution in [0.15, 0.2) is 11.3 Å². The van der Waals surface area contributed by atoms with Crippen LogP contribution in [0.4, 0.5) is 0 Å². The van der Waals surface area contributed by atoms with E-state index in [0.717, 1.165) is 31.0 Å². The molecular weight excluding hydrogens is 270 g/mol. The third-order valence-corrected chi connectivity index (χ3v) is 6.75. The molecule has 1 aliphatic carbocycles. The molecule has 0 aromatic carbocycles. The molecular formula is C15H31NO3Si.